The van der Waals surface area contributed by atoms with Gasteiger partial charge in [-0.25, -0.2) is 10.5 Å². The molecule has 0 aliphatic carbocycles. The number of likely N-dealkylation sites (N-methyl/N-ethyl adjacent to an activating group) is 1. The Bertz CT molecular complexity index is 1090. The van der Waals surface area contributed by atoms with E-state index in [9.17, 15) is 4.79 Å². The fourth-order valence-corrected chi connectivity index (χ4v) is 3.58. The smallest absolute Gasteiger partial charge is 0.276 e. The molecule has 32 heavy (non-hydrogen) atoms. The van der Waals surface area contributed by atoms with Gasteiger partial charge in [0, 0.05) is 37.6 Å². The van der Waals surface area contributed by atoms with Gasteiger partial charge >= 0.3 is 0 Å². The first-order chi connectivity index (χ1) is 15.5. The van der Waals surface area contributed by atoms with Gasteiger partial charge in [0.05, 0.1) is 17.4 Å². The highest BCUT2D eigenvalue weighted by molar-refractivity contribution is 6.33. The van der Waals surface area contributed by atoms with E-state index in [4.69, 9.17) is 16.8 Å². The minimum atomic E-state index is -0.642. The molecule has 2 heterocycles. The topological polar surface area (TPSA) is 106 Å². The minimum absolute atomic E-state index is 0.249. The third kappa shape index (κ3) is 5.08. The van der Waals surface area contributed by atoms with Crippen LogP contribution in [-0.2, 0) is 0 Å². The second kappa shape index (κ2) is 9.82. The normalized spacial score (nSPS) is 14.2. The highest BCUT2D eigenvalue weighted by Gasteiger charge is 2.15. The number of halogens is 1. The van der Waals surface area contributed by atoms with Gasteiger partial charge in [-0.3, -0.25) is 10.0 Å². The van der Waals surface area contributed by atoms with Gasteiger partial charge in [0.25, 0.3) is 5.91 Å². The molecule has 0 spiro atoms. The first kappa shape index (κ1) is 21.8. The molecule has 0 saturated carbocycles. The molecule has 2 aromatic carbocycles. The largest absolute Gasteiger partial charge is 0.369 e. The number of amides is 1. The SMILES string of the molecule is CN1CCN(c2ccc(Nc3ncc(Cl)c(Nc4ccccc4C(=O)NO)n3)cc2)CC1. The molecule has 4 rings (SSSR count). The molecule has 10 heteroatoms. The molecule has 166 valence electrons. The number of hydroxylamine groups is 1. The molecule has 1 aliphatic heterocycles. The van der Waals surface area contributed by atoms with E-state index in [1.165, 1.54) is 11.9 Å². The van der Waals surface area contributed by atoms with Crippen LogP contribution in [0.4, 0.5) is 28.8 Å². The van der Waals surface area contributed by atoms with E-state index in [1.807, 2.05) is 12.1 Å². The average molecular weight is 454 g/mol. The number of rotatable bonds is 6. The molecule has 1 aliphatic rings. The summed E-state index contributed by atoms with van der Waals surface area (Å²) in [6.07, 6.45) is 1.48. The van der Waals surface area contributed by atoms with Crippen molar-refractivity contribution in [2.45, 2.75) is 0 Å². The van der Waals surface area contributed by atoms with Crippen molar-refractivity contribution < 1.29 is 10.0 Å². The quantitative estimate of drug-likeness (QED) is 0.332. The molecule has 0 atom stereocenters. The van der Waals surface area contributed by atoms with Gasteiger partial charge in [0.1, 0.15) is 5.02 Å². The maximum atomic E-state index is 11.9. The van der Waals surface area contributed by atoms with Crippen molar-refractivity contribution in [3.05, 3.63) is 65.3 Å². The Hall–Kier alpha value is -3.40. The van der Waals surface area contributed by atoms with Crippen LogP contribution in [0.15, 0.2) is 54.7 Å². The van der Waals surface area contributed by atoms with E-state index in [0.717, 1.165) is 31.9 Å². The van der Waals surface area contributed by atoms with E-state index < -0.39 is 5.91 Å². The molecular weight excluding hydrogens is 430 g/mol. The Morgan fingerprint density at radius 3 is 2.47 bits per heavy atom. The number of anilines is 5. The van der Waals surface area contributed by atoms with Crippen LogP contribution in [0.25, 0.3) is 0 Å². The van der Waals surface area contributed by atoms with Crippen LogP contribution in [-0.4, -0.2) is 59.2 Å². The van der Waals surface area contributed by atoms with E-state index in [1.54, 1.807) is 29.7 Å². The van der Waals surface area contributed by atoms with Crippen molar-refractivity contribution >= 4 is 46.3 Å². The zero-order valence-electron chi connectivity index (χ0n) is 17.5. The van der Waals surface area contributed by atoms with Crippen LogP contribution in [0.3, 0.4) is 0 Å². The third-order valence-corrected chi connectivity index (χ3v) is 5.54. The Balaban J connectivity index is 1.48. The molecule has 0 radical (unpaired) electrons. The highest BCUT2D eigenvalue weighted by Crippen LogP contribution is 2.27. The second-order valence-electron chi connectivity index (χ2n) is 7.46. The zero-order chi connectivity index (χ0) is 22.5. The average Bonchev–Trinajstić information content (AvgIpc) is 2.82. The molecular formula is C22H24ClN7O2. The number of carbonyl (C=O) groups excluding carboxylic acids is 1. The molecule has 9 nitrogen and oxygen atoms in total. The molecule has 0 unspecified atom stereocenters. The summed E-state index contributed by atoms with van der Waals surface area (Å²) in [5.74, 6) is 0.0434. The summed E-state index contributed by atoms with van der Waals surface area (Å²) < 4.78 is 0. The summed E-state index contributed by atoms with van der Waals surface area (Å²) in [5, 5.41) is 15.5. The van der Waals surface area contributed by atoms with E-state index >= 15 is 0 Å². The van der Waals surface area contributed by atoms with E-state index in [0.29, 0.717) is 22.5 Å². The number of hydrogen-bond donors (Lipinski definition) is 4. The first-order valence-corrected chi connectivity index (χ1v) is 10.5. The summed E-state index contributed by atoms with van der Waals surface area (Å²) in [5.41, 5.74) is 4.35. The number of nitrogens with one attached hydrogen (secondary N) is 3. The first-order valence-electron chi connectivity index (χ1n) is 10.2. The molecule has 1 saturated heterocycles. The lowest BCUT2D eigenvalue weighted by Crippen LogP contribution is -2.44. The maximum Gasteiger partial charge on any atom is 0.276 e. The Morgan fingerprint density at radius 2 is 1.75 bits per heavy atom. The minimum Gasteiger partial charge on any atom is -0.369 e. The number of aromatic nitrogens is 2. The predicted octanol–water partition coefficient (Wildman–Crippen LogP) is 3.49. The second-order valence-corrected chi connectivity index (χ2v) is 7.87. The van der Waals surface area contributed by atoms with Crippen LogP contribution in [0, 0.1) is 0 Å². The fraction of sp³-hybridized carbons (Fsp3) is 0.227. The van der Waals surface area contributed by atoms with Crippen LogP contribution >= 0.6 is 11.6 Å². The molecule has 1 amide bonds. The molecule has 4 N–H and O–H groups in total. The lowest BCUT2D eigenvalue weighted by molar-refractivity contribution is 0.0707. The van der Waals surface area contributed by atoms with Gasteiger partial charge in [0.2, 0.25) is 5.95 Å². The predicted molar refractivity (Wildman–Crippen MR) is 125 cm³/mol. The van der Waals surface area contributed by atoms with Gasteiger partial charge in [-0.05, 0) is 43.4 Å². The van der Waals surface area contributed by atoms with Crippen molar-refractivity contribution in [3.63, 3.8) is 0 Å². The molecule has 1 aromatic heterocycles. The van der Waals surface area contributed by atoms with Gasteiger partial charge in [-0.15, -0.1) is 0 Å². The van der Waals surface area contributed by atoms with Gasteiger partial charge in [0.15, 0.2) is 5.82 Å². The van der Waals surface area contributed by atoms with Gasteiger partial charge in [-0.1, -0.05) is 23.7 Å². The standard InChI is InChI=1S/C22H24ClN7O2/c1-29-10-12-30(13-11-29)16-8-6-15(7-9-16)25-22-24-14-18(23)20(27-22)26-19-5-3-2-4-17(19)21(31)28-32/h2-9,14,32H,10-13H2,1H3,(H,28,31)(H2,24,25,26,27). The van der Waals surface area contributed by atoms with E-state index in [-0.39, 0.29) is 5.56 Å². The Kier molecular flexibility index (Phi) is 6.69. The number of benzene rings is 2. The number of hydrogen-bond acceptors (Lipinski definition) is 8. The number of carbonyl (C=O) groups is 1. The summed E-state index contributed by atoms with van der Waals surface area (Å²) >= 11 is 6.26. The molecule has 0 bridgehead atoms. The highest BCUT2D eigenvalue weighted by atomic mass is 35.5. The van der Waals surface area contributed by atoms with Crippen molar-refractivity contribution in [2.24, 2.45) is 0 Å². The zero-order valence-corrected chi connectivity index (χ0v) is 18.3. The summed E-state index contributed by atoms with van der Waals surface area (Å²) in [7, 11) is 2.14. The summed E-state index contributed by atoms with van der Waals surface area (Å²) in [6, 6.07) is 14.8. The third-order valence-electron chi connectivity index (χ3n) is 5.26. The summed E-state index contributed by atoms with van der Waals surface area (Å²) in [4.78, 5) is 25.3. The van der Waals surface area contributed by atoms with Crippen molar-refractivity contribution in [2.75, 3.05) is 48.8 Å². The van der Waals surface area contributed by atoms with E-state index in [2.05, 4.69) is 49.6 Å². The van der Waals surface area contributed by atoms with Crippen LogP contribution < -0.4 is 21.0 Å². The van der Waals surface area contributed by atoms with Gasteiger partial charge in [-0.2, -0.15) is 4.98 Å². The molecule has 3 aromatic rings. The van der Waals surface area contributed by atoms with Crippen LogP contribution in [0.5, 0.6) is 0 Å². The van der Waals surface area contributed by atoms with Crippen LogP contribution in [0.1, 0.15) is 10.4 Å². The Labute approximate surface area is 191 Å². The fourth-order valence-electron chi connectivity index (χ4n) is 3.44. The van der Waals surface area contributed by atoms with Crippen molar-refractivity contribution in [1.29, 1.82) is 0 Å². The lowest BCUT2D eigenvalue weighted by Gasteiger charge is -2.34. The van der Waals surface area contributed by atoms with Crippen molar-refractivity contribution in [3.8, 4) is 0 Å². The van der Waals surface area contributed by atoms with Crippen molar-refractivity contribution in [1.82, 2.24) is 20.3 Å². The van der Waals surface area contributed by atoms with Crippen LogP contribution in [0.2, 0.25) is 5.02 Å². The number of para-hydroxylation sites is 1. The monoisotopic (exact) mass is 453 g/mol. The molecule has 1 fully saturated rings. The number of piperazine rings is 1. The number of nitrogens with zero attached hydrogens (tertiary/aromatic N) is 4. The van der Waals surface area contributed by atoms with Gasteiger partial charge < -0.3 is 20.4 Å². The Morgan fingerprint density at radius 1 is 1.03 bits per heavy atom. The maximum absolute atomic E-state index is 11.9. The summed E-state index contributed by atoms with van der Waals surface area (Å²) in [6.45, 7) is 4.12. The lowest BCUT2D eigenvalue weighted by atomic mass is 10.1.